The van der Waals surface area contributed by atoms with Gasteiger partial charge in [0.1, 0.15) is 0 Å². The fraction of sp³-hybridized carbons (Fsp3) is 0.450. The molecule has 1 aromatic carbocycles. The summed E-state index contributed by atoms with van der Waals surface area (Å²) >= 11 is 0. The third-order valence-corrected chi connectivity index (χ3v) is 5.05. The summed E-state index contributed by atoms with van der Waals surface area (Å²) in [6, 6.07) is 10.1. The Labute approximate surface area is 154 Å². The van der Waals surface area contributed by atoms with E-state index in [1.165, 1.54) is 5.56 Å². The summed E-state index contributed by atoms with van der Waals surface area (Å²) in [7, 11) is 0. The van der Waals surface area contributed by atoms with Crippen molar-refractivity contribution in [1.29, 1.82) is 0 Å². The number of nitrogens with zero attached hydrogens (tertiary/aromatic N) is 3. The summed E-state index contributed by atoms with van der Waals surface area (Å²) in [6.45, 7) is 5.63. The molecule has 0 aliphatic carbocycles. The van der Waals surface area contributed by atoms with Crippen LogP contribution in [0.2, 0.25) is 0 Å². The zero-order valence-electron chi connectivity index (χ0n) is 15.4. The Kier molecular flexibility index (Phi) is 5.52. The summed E-state index contributed by atoms with van der Waals surface area (Å²) in [5, 5.41) is 13.8. The number of benzene rings is 1. The first-order valence-electron chi connectivity index (χ1n) is 9.11. The quantitative estimate of drug-likeness (QED) is 0.862. The third-order valence-electron chi connectivity index (χ3n) is 5.05. The van der Waals surface area contributed by atoms with Gasteiger partial charge in [0.15, 0.2) is 0 Å². The number of rotatable bonds is 5. The predicted octanol–water partition coefficient (Wildman–Crippen LogP) is 2.36. The highest BCUT2D eigenvalue weighted by atomic mass is 16.3. The Morgan fingerprint density at radius 3 is 2.65 bits per heavy atom. The van der Waals surface area contributed by atoms with E-state index >= 15 is 0 Å². The summed E-state index contributed by atoms with van der Waals surface area (Å²) in [6.07, 6.45) is 4.43. The summed E-state index contributed by atoms with van der Waals surface area (Å²) in [4.78, 5) is 23.0. The number of nitrogens with one attached hydrogen (secondary N) is 1. The molecule has 0 unspecified atom stereocenters. The molecular weight excluding hydrogens is 328 g/mol. The number of aromatic nitrogens is 2. The zero-order chi connectivity index (χ0) is 18.6. The molecule has 1 amide bonds. The van der Waals surface area contributed by atoms with Crippen LogP contribution in [0.25, 0.3) is 0 Å². The van der Waals surface area contributed by atoms with Gasteiger partial charge in [0.25, 0.3) is 5.91 Å². The van der Waals surface area contributed by atoms with Crippen LogP contribution >= 0.6 is 0 Å². The molecular formula is C20H26N4O2. The average Bonchev–Trinajstić information content (AvgIpc) is 2.65. The highest BCUT2D eigenvalue weighted by Crippen LogP contribution is 2.31. The molecule has 1 saturated heterocycles. The van der Waals surface area contributed by atoms with E-state index in [0.717, 1.165) is 13.0 Å². The van der Waals surface area contributed by atoms with E-state index in [2.05, 4.69) is 27.4 Å². The topological polar surface area (TPSA) is 78.4 Å². The maximum absolute atomic E-state index is 12.8. The largest absolute Gasteiger partial charge is 0.390 e. The van der Waals surface area contributed by atoms with E-state index in [-0.39, 0.29) is 11.8 Å². The number of aliphatic hydroxyl groups is 1. The van der Waals surface area contributed by atoms with E-state index < -0.39 is 5.60 Å². The lowest BCUT2D eigenvalue weighted by molar-refractivity contribution is -0.0507. The molecule has 6 heteroatoms. The third kappa shape index (κ3) is 4.19. The molecule has 0 radical (unpaired) electrons. The van der Waals surface area contributed by atoms with Crippen molar-refractivity contribution in [2.24, 2.45) is 5.92 Å². The van der Waals surface area contributed by atoms with Crippen molar-refractivity contribution in [2.75, 3.05) is 25.0 Å². The van der Waals surface area contributed by atoms with Gasteiger partial charge in [0, 0.05) is 37.9 Å². The molecule has 138 valence electrons. The fourth-order valence-electron chi connectivity index (χ4n) is 3.36. The number of amides is 1. The van der Waals surface area contributed by atoms with Gasteiger partial charge in [-0.05, 0) is 32.3 Å². The van der Waals surface area contributed by atoms with Gasteiger partial charge in [-0.3, -0.25) is 4.79 Å². The van der Waals surface area contributed by atoms with Crippen molar-refractivity contribution >= 4 is 11.9 Å². The number of piperidine rings is 1. The highest BCUT2D eigenvalue weighted by Gasteiger charge is 2.39. The first-order valence-corrected chi connectivity index (χ1v) is 9.11. The number of hydrogen-bond donors (Lipinski definition) is 2. The van der Waals surface area contributed by atoms with E-state index in [9.17, 15) is 9.90 Å². The van der Waals surface area contributed by atoms with Gasteiger partial charge >= 0.3 is 0 Å². The van der Waals surface area contributed by atoms with Crippen LogP contribution in [-0.2, 0) is 6.42 Å². The van der Waals surface area contributed by atoms with Crippen molar-refractivity contribution in [3.8, 4) is 0 Å². The van der Waals surface area contributed by atoms with Crippen LogP contribution in [0, 0.1) is 5.92 Å². The Balaban J connectivity index is 1.71. The fourth-order valence-corrected chi connectivity index (χ4v) is 3.36. The number of hydrogen-bond acceptors (Lipinski definition) is 5. The second-order valence-corrected chi connectivity index (χ2v) is 7.07. The molecule has 0 saturated carbocycles. The summed E-state index contributed by atoms with van der Waals surface area (Å²) in [5.74, 6) is 0.429. The molecule has 2 N–H and O–H groups in total. The van der Waals surface area contributed by atoms with Crippen LogP contribution in [0.3, 0.4) is 0 Å². The minimum absolute atomic E-state index is 0.00968. The van der Waals surface area contributed by atoms with Gasteiger partial charge < -0.3 is 15.3 Å². The molecule has 2 aromatic rings. The van der Waals surface area contributed by atoms with E-state index in [1.54, 1.807) is 17.3 Å². The number of carbonyl (C=O) groups is 1. The first kappa shape index (κ1) is 18.3. The maximum atomic E-state index is 12.8. The molecule has 1 fully saturated rings. The second-order valence-electron chi connectivity index (χ2n) is 7.07. The van der Waals surface area contributed by atoms with Crippen molar-refractivity contribution in [3.05, 3.63) is 53.9 Å². The van der Waals surface area contributed by atoms with Gasteiger partial charge in [-0.2, -0.15) is 0 Å². The van der Waals surface area contributed by atoms with E-state index in [1.807, 2.05) is 32.0 Å². The van der Waals surface area contributed by atoms with Crippen LogP contribution in [-0.4, -0.2) is 51.1 Å². The van der Waals surface area contributed by atoms with Crippen LogP contribution in [0.5, 0.6) is 0 Å². The standard InChI is InChI=1S/C20H26N4O2/c1-3-21-19-22-12-16(13-23-19)18(25)24-10-9-20(2,26)17(14-24)11-15-7-5-4-6-8-15/h4-8,12-13,17,26H,3,9-11,14H2,1-2H3,(H,21,22,23)/t17-,20+/m1/s1. The molecule has 0 spiro atoms. The minimum Gasteiger partial charge on any atom is -0.390 e. The number of anilines is 1. The monoisotopic (exact) mass is 354 g/mol. The Hall–Kier alpha value is -2.47. The lowest BCUT2D eigenvalue weighted by atomic mass is 9.78. The van der Waals surface area contributed by atoms with Gasteiger partial charge in [0.2, 0.25) is 5.95 Å². The number of likely N-dealkylation sites (tertiary alicyclic amines) is 1. The molecule has 1 aliphatic heterocycles. The Bertz CT molecular complexity index is 731. The van der Waals surface area contributed by atoms with Crippen molar-refractivity contribution < 1.29 is 9.90 Å². The molecule has 1 aromatic heterocycles. The van der Waals surface area contributed by atoms with E-state index in [0.29, 0.717) is 31.0 Å². The van der Waals surface area contributed by atoms with Crippen molar-refractivity contribution in [1.82, 2.24) is 14.9 Å². The van der Waals surface area contributed by atoms with Gasteiger partial charge in [-0.15, -0.1) is 0 Å². The lowest BCUT2D eigenvalue weighted by Crippen LogP contribution is -2.52. The average molecular weight is 354 g/mol. The van der Waals surface area contributed by atoms with Crippen molar-refractivity contribution in [3.63, 3.8) is 0 Å². The summed E-state index contributed by atoms with van der Waals surface area (Å²) in [5.41, 5.74) is 0.870. The van der Waals surface area contributed by atoms with Gasteiger partial charge in [0.05, 0.1) is 11.2 Å². The zero-order valence-corrected chi connectivity index (χ0v) is 15.4. The molecule has 2 heterocycles. The molecule has 3 rings (SSSR count). The van der Waals surface area contributed by atoms with Crippen molar-refractivity contribution in [2.45, 2.75) is 32.3 Å². The van der Waals surface area contributed by atoms with Crippen LogP contribution in [0.4, 0.5) is 5.95 Å². The summed E-state index contributed by atoms with van der Waals surface area (Å²) < 4.78 is 0. The van der Waals surface area contributed by atoms with Gasteiger partial charge in [-0.25, -0.2) is 9.97 Å². The highest BCUT2D eigenvalue weighted by molar-refractivity contribution is 5.93. The van der Waals surface area contributed by atoms with Crippen LogP contribution in [0.1, 0.15) is 36.2 Å². The predicted molar refractivity (Wildman–Crippen MR) is 101 cm³/mol. The lowest BCUT2D eigenvalue weighted by Gasteiger charge is -2.43. The molecule has 26 heavy (non-hydrogen) atoms. The molecule has 0 bridgehead atoms. The Morgan fingerprint density at radius 1 is 1.31 bits per heavy atom. The molecule has 1 aliphatic rings. The Morgan fingerprint density at radius 2 is 2.00 bits per heavy atom. The maximum Gasteiger partial charge on any atom is 0.257 e. The van der Waals surface area contributed by atoms with Crippen LogP contribution in [0.15, 0.2) is 42.7 Å². The molecule has 6 nitrogen and oxygen atoms in total. The first-order chi connectivity index (χ1) is 12.5. The molecule has 2 atom stereocenters. The minimum atomic E-state index is -0.780. The van der Waals surface area contributed by atoms with Gasteiger partial charge in [-0.1, -0.05) is 30.3 Å². The van der Waals surface area contributed by atoms with Crippen LogP contribution < -0.4 is 5.32 Å². The SMILES string of the molecule is CCNc1ncc(C(=O)N2CC[C@](C)(O)[C@H](Cc3ccccc3)C2)cn1. The van der Waals surface area contributed by atoms with E-state index in [4.69, 9.17) is 0 Å². The second kappa shape index (κ2) is 7.83. The number of carbonyl (C=O) groups excluding carboxylic acids is 1. The normalized spacial score (nSPS) is 22.9. The smallest absolute Gasteiger partial charge is 0.257 e.